The fraction of sp³-hybridized carbons (Fsp3) is 0.278. The van der Waals surface area contributed by atoms with Crippen molar-refractivity contribution in [2.75, 3.05) is 11.9 Å². The molecule has 0 unspecified atom stereocenters. The number of carbonyl (C=O) groups is 1. The standard InChI is InChI=1S/C18H22N2O/c1-4-19-17(15-8-6-5-7-9-15)18(21)20-16-12-13(2)10-11-14(16)3/h5-12,17,19H,4H2,1-3H3,(H,20,21)/p+1/t17-/m1/s1. The lowest BCUT2D eigenvalue weighted by atomic mass is 10.1. The molecule has 2 aromatic rings. The Balaban J connectivity index is 2.21. The van der Waals surface area contributed by atoms with Gasteiger partial charge in [-0.3, -0.25) is 4.79 Å². The molecule has 3 heteroatoms. The van der Waals surface area contributed by atoms with Crippen molar-refractivity contribution in [3.05, 3.63) is 65.2 Å². The van der Waals surface area contributed by atoms with E-state index >= 15 is 0 Å². The van der Waals surface area contributed by atoms with Gasteiger partial charge in [-0.15, -0.1) is 0 Å². The lowest BCUT2D eigenvalue weighted by Gasteiger charge is -2.16. The van der Waals surface area contributed by atoms with Crippen LogP contribution in [-0.4, -0.2) is 12.5 Å². The molecule has 0 aromatic heterocycles. The minimum atomic E-state index is -0.212. The van der Waals surface area contributed by atoms with Gasteiger partial charge < -0.3 is 10.6 Å². The maximum absolute atomic E-state index is 12.6. The van der Waals surface area contributed by atoms with Gasteiger partial charge in [0.15, 0.2) is 6.04 Å². The summed E-state index contributed by atoms with van der Waals surface area (Å²) in [4.78, 5) is 12.6. The van der Waals surface area contributed by atoms with Crippen LogP contribution in [0, 0.1) is 13.8 Å². The first-order chi connectivity index (χ1) is 10.1. The number of aryl methyl sites for hydroxylation is 2. The van der Waals surface area contributed by atoms with Crippen molar-refractivity contribution >= 4 is 11.6 Å². The maximum atomic E-state index is 12.6. The molecular formula is C18H23N2O+. The second-order valence-electron chi connectivity index (χ2n) is 5.34. The van der Waals surface area contributed by atoms with E-state index in [0.29, 0.717) is 0 Å². The van der Waals surface area contributed by atoms with Crippen LogP contribution < -0.4 is 10.6 Å². The van der Waals surface area contributed by atoms with Crippen LogP contribution in [0.2, 0.25) is 0 Å². The summed E-state index contributed by atoms with van der Waals surface area (Å²) < 4.78 is 0. The minimum Gasteiger partial charge on any atom is -0.332 e. The van der Waals surface area contributed by atoms with Crippen molar-refractivity contribution in [1.29, 1.82) is 0 Å². The van der Waals surface area contributed by atoms with Gasteiger partial charge >= 0.3 is 0 Å². The third-order valence-electron chi connectivity index (χ3n) is 3.56. The molecule has 0 radical (unpaired) electrons. The highest BCUT2D eigenvalue weighted by atomic mass is 16.2. The summed E-state index contributed by atoms with van der Waals surface area (Å²) in [6.07, 6.45) is 0. The minimum absolute atomic E-state index is 0.0248. The van der Waals surface area contributed by atoms with E-state index in [1.165, 1.54) is 0 Å². The molecule has 0 saturated carbocycles. The zero-order chi connectivity index (χ0) is 15.2. The third-order valence-corrected chi connectivity index (χ3v) is 3.56. The molecule has 0 saturated heterocycles. The van der Waals surface area contributed by atoms with Crippen LogP contribution in [0.1, 0.15) is 29.7 Å². The molecule has 21 heavy (non-hydrogen) atoms. The van der Waals surface area contributed by atoms with E-state index in [9.17, 15) is 4.79 Å². The van der Waals surface area contributed by atoms with Gasteiger partial charge in [-0.05, 0) is 38.0 Å². The normalized spacial score (nSPS) is 12.0. The van der Waals surface area contributed by atoms with Gasteiger partial charge in [0.2, 0.25) is 0 Å². The summed E-state index contributed by atoms with van der Waals surface area (Å²) in [5, 5.41) is 5.12. The highest BCUT2D eigenvalue weighted by Crippen LogP contribution is 2.18. The summed E-state index contributed by atoms with van der Waals surface area (Å²) in [6, 6.07) is 15.8. The Labute approximate surface area is 126 Å². The topological polar surface area (TPSA) is 45.7 Å². The molecule has 3 N–H and O–H groups in total. The molecule has 0 bridgehead atoms. The van der Waals surface area contributed by atoms with Crippen LogP contribution in [0.25, 0.3) is 0 Å². The molecule has 0 fully saturated rings. The van der Waals surface area contributed by atoms with Crippen molar-refractivity contribution in [2.45, 2.75) is 26.8 Å². The summed E-state index contributed by atoms with van der Waals surface area (Å²) in [6.45, 7) is 6.96. The SMILES string of the molecule is CC[NH2+][C@@H](C(=O)Nc1cc(C)ccc1C)c1ccccc1. The van der Waals surface area contributed by atoms with E-state index in [1.807, 2.05) is 56.3 Å². The van der Waals surface area contributed by atoms with Crippen molar-refractivity contribution in [3.63, 3.8) is 0 Å². The lowest BCUT2D eigenvalue weighted by Crippen LogP contribution is -2.86. The van der Waals surface area contributed by atoms with Crippen LogP contribution >= 0.6 is 0 Å². The summed E-state index contributed by atoms with van der Waals surface area (Å²) in [5.41, 5.74) is 4.15. The molecule has 110 valence electrons. The summed E-state index contributed by atoms with van der Waals surface area (Å²) >= 11 is 0. The Bertz CT molecular complexity index is 608. The second-order valence-corrected chi connectivity index (χ2v) is 5.34. The Morgan fingerprint density at radius 3 is 2.52 bits per heavy atom. The number of carbonyl (C=O) groups excluding carboxylic acids is 1. The zero-order valence-electron chi connectivity index (χ0n) is 12.9. The maximum Gasteiger partial charge on any atom is 0.287 e. The van der Waals surface area contributed by atoms with E-state index in [1.54, 1.807) is 0 Å². The van der Waals surface area contributed by atoms with Crippen LogP contribution in [0.5, 0.6) is 0 Å². The number of benzene rings is 2. The van der Waals surface area contributed by atoms with Gasteiger partial charge in [0, 0.05) is 11.3 Å². The fourth-order valence-electron chi connectivity index (χ4n) is 2.37. The first-order valence-corrected chi connectivity index (χ1v) is 7.38. The Kier molecular flexibility index (Phi) is 5.12. The van der Waals surface area contributed by atoms with Crippen molar-refractivity contribution in [3.8, 4) is 0 Å². The quantitative estimate of drug-likeness (QED) is 0.870. The zero-order valence-corrected chi connectivity index (χ0v) is 12.9. The van der Waals surface area contributed by atoms with E-state index in [4.69, 9.17) is 0 Å². The number of nitrogens with one attached hydrogen (secondary N) is 1. The number of hydrogen-bond donors (Lipinski definition) is 2. The van der Waals surface area contributed by atoms with Gasteiger partial charge in [-0.1, -0.05) is 42.5 Å². The van der Waals surface area contributed by atoms with Gasteiger partial charge in [-0.2, -0.15) is 0 Å². The highest BCUT2D eigenvalue weighted by molar-refractivity contribution is 5.95. The number of amides is 1. The molecule has 0 aliphatic carbocycles. The fourth-order valence-corrected chi connectivity index (χ4v) is 2.37. The number of hydrogen-bond acceptors (Lipinski definition) is 1. The third kappa shape index (κ3) is 3.92. The Hall–Kier alpha value is -2.13. The summed E-state index contributed by atoms with van der Waals surface area (Å²) in [7, 11) is 0. The van der Waals surface area contributed by atoms with Gasteiger partial charge in [-0.25, -0.2) is 0 Å². The number of likely N-dealkylation sites (N-methyl/N-ethyl adjacent to an activating group) is 1. The molecule has 0 aliphatic heterocycles. The van der Waals surface area contributed by atoms with E-state index in [-0.39, 0.29) is 11.9 Å². The lowest BCUT2D eigenvalue weighted by molar-refractivity contribution is -0.679. The molecular weight excluding hydrogens is 260 g/mol. The van der Waals surface area contributed by atoms with Crippen molar-refractivity contribution < 1.29 is 10.1 Å². The monoisotopic (exact) mass is 283 g/mol. The molecule has 1 amide bonds. The van der Waals surface area contributed by atoms with Crippen LogP contribution in [0.3, 0.4) is 0 Å². The molecule has 3 nitrogen and oxygen atoms in total. The van der Waals surface area contributed by atoms with Crippen LogP contribution in [0.15, 0.2) is 48.5 Å². The van der Waals surface area contributed by atoms with Crippen molar-refractivity contribution in [1.82, 2.24) is 0 Å². The van der Waals surface area contributed by atoms with E-state index in [0.717, 1.165) is 28.9 Å². The second kappa shape index (κ2) is 7.04. The molecule has 0 spiro atoms. The average Bonchev–Trinajstić information content (AvgIpc) is 2.49. The Morgan fingerprint density at radius 2 is 1.86 bits per heavy atom. The smallest absolute Gasteiger partial charge is 0.287 e. The van der Waals surface area contributed by atoms with Gasteiger partial charge in [0.25, 0.3) is 5.91 Å². The number of nitrogens with two attached hydrogens (primary N) is 1. The Morgan fingerprint density at radius 1 is 1.14 bits per heavy atom. The number of quaternary nitrogens is 1. The van der Waals surface area contributed by atoms with E-state index in [2.05, 4.69) is 23.6 Å². The largest absolute Gasteiger partial charge is 0.332 e. The molecule has 2 rings (SSSR count). The highest BCUT2D eigenvalue weighted by Gasteiger charge is 2.23. The van der Waals surface area contributed by atoms with Gasteiger partial charge in [0.1, 0.15) is 0 Å². The first-order valence-electron chi connectivity index (χ1n) is 7.38. The molecule has 1 atom stereocenters. The molecule has 2 aromatic carbocycles. The van der Waals surface area contributed by atoms with Crippen LogP contribution in [0.4, 0.5) is 5.69 Å². The van der Waals surface area contributed by atoms with Gasteiger partial charge in [0.05, 0.1) is 6.54 Å². The number of anilines is 1. The summed E-state index contributed by atoms with van der Waals surface area (Å²) in [5.74, 6) is 0.0248. The predicted molar refractivity (Wildman–Crippen MR) is 86.2 cm³/mol. The van der Waals surface area contributed by atoms with Crippen LogP contribution in [-0.2, 0) is 4.79 Å². The first kappa shape index (κ1) is 15.3. The average molecular weight is 283 g/mol. The molecule has 0 heterocycles. The number of rotatable bonds is 5. The van der Waals surface area contributed by atoms with Crippen molar-refractivity contribution in [2.24, 2.45) is 0 Å². The molecule has 0 aliphatic rings. The van der Waals surface area contributed by atoms with E-state index < -0.39 is 0 Å². The predicted octanol–water partition coefficient (Wildman–Crippen LogP) is 2.57.